The van der Waals surface area contributed by atoms with Crippen molar-refractivity contribution < 1.29 is 24.0 Å². The third-order valence-electron chi connectivity index (χ3n) is 6.64. The van der Waals surface area contributed by atoms with Gasteiger partial charge in [0.1, 0.15) is 18.1 Å². The third kappa shape index (κ3) is 14.4. The van der Waals surface area contributed by atoms with E-state index in [0.29, 0.717) is 30.8 Å². The van der Waals surface area contributed by atoms with Crippen LogP contribution in [0.15, 0.2) is 29.3 Å². The van der Waals surface area contributed by atoms with E-state index in [-0.39, 0.29) is 30.1 Å². The average Bonchev–Trinajstić information content (AvgIpc) is 2.95. The fourth-order valence-corrected chi connectivity index (χ4v) is 5.92. The highest BCUT2D eigenvalue weighted by Crippen LogP contribution is 2.22. The molecular weight excluding hydrogens is 574 g/mol. The molecule has 12 heteroatoms. The largest absolute Gasteiger partial charge is 0.370 e. The molecule has 10 nitrogen and oxygen atoms in total. The predicted molar refractivity (Wildman–Crippen MR) is 172 cm³/mol. The van der Waals surface area contributed by atoms with Gasteiger partial charge in [-0.2, -0.15) is 23.5 Å². The standard InChI is InChI=1S/C30H47N5O5S2/c1-7-20(4)27(30(40)32-6)35-29(39)24(16-19(2)3)34-28(38)21(5)33-26(37)13-15-42-18-23-11-9-8-10-22(23)17-41-14-12-25(31)36/h8-11,19-21,24,27H,6-7,12-18H2,1-5H3,(H2,31,36)(H,33,37)(H,34,38)(H,35,39)/t20-,21-,24-,27-/m0/s1. The maximum Gasteiger partial charge on any atom is 0.267 e. The van der Waals surface area contributed by atoms with Gasteiger partial charge in [0, 0.05) is 35.9 Å². The molecule has 5 amide bonds. The number of rotatable bonds is 20. The molecule has 0 aliphatic rings. The molecule has 0 saturated heterocycles. The minimum Gasteiger partial charge on any atom is -0.370 e. The van der Waals surface area contributed by atoms with Crippen molar-refractivity contribution in [2.75, 3.05) is 11.5 Å². The molecule has 5 N–H and O–H groups in total. The molecule has 0 aromatic heterocycles. The van der Waals surface area contributed by atoms with Gasteiger partial charge in [-0.15, -0.1) is 0 Å². The second kappa shape index (κ2) is 20.1. The molecule has 0 saturated carbocycles. The molecule has 0 spiro atoms. The number of primary amides is 1. The quantitative estimate of drug-likeness (QED) is 0.128. The smallest absolute Gasteiger partial charge is 0.267 e. The normalized spacial score (nSPS) is 13.9. The topological polar surface area (TPSA) is 160 Å². The Kier molecular flexibility index (Phi) is 17.8. The molecule has 1 aromatic rings. The van der Waals surface area contributed by atoms with E-state index in [2.05, 4.69) is 39.8 Å². The number of nitrogens with one attached hydrogen (secondary N) is 3. The number of thioether (sulfide) groups is 2. The zero-order valence-electron chi connectivity index (χ0n) is 25.4. The summed E-state index contributed by atoms with van der Waals surface area (Å²) >= 11 is 3.29. The van der Waals surface area contributed by atoms with Gasteiger partial charge in [-0.1, -0.05) is 58.4 Å². The maximum atomic E-state index is 13.1. The molecule has 0 bridgehead atoms. The van der Waals surface area contributed by atoms with Crippen molar-refractivity contribution >= 4 is 59.8 Å². The van der Waals surface area contributed by atoms with Crippen LogP contribution in [0.3, 0.4) is 0 Å². The minimum absolute atomic E-state index is 0.0946. The van der Waals surface area contributed by atoms with Gasteiger partial charge in [0.15, 0.2) is 0 Å². The zero-order valence-corrected chi connectivity index (χ0v) is 27.1. The summed E-state index contributed by atoms with van der Waals surface area (Å²) in [6.07, 6.45) is 1.61. The lowest BCUT2D eigenvalue weighted by molar-refractivity contribution is -0.133. The first-order valence-electron chi connectivity index (χ1n) is 14.3. The summed E-state index contributed by atoms with van der Waals surface area (Å²) in [7, 11) is 0. The summed E-state index contributed by atoms with van der Waals surface area (Å²) in [6.45, 7) is 12.5. The van der Waals surface area contributed by atoms with Crippen LogP contribution in [0.5, 0.6) is 0 Å². The molecule has 0 unspecified atom stereocenters. The van der Waals surface area contributed by atoms with E-state index in [1.165, 1.54) is 11.1 Å². The van der Waals surface area contributed by atoms with Crippen molar-refractivity contribution in [1.82, 2.24) is 16.0 Å². The highest BCUT2D eigenvalue weighted by Gasteiger charge is 2.30. The summed E-state index contributed by atoms with van der Waals surface area (Å²) in [4.78, 5) is 65.2. The van der Waals surface area contributed by atoms with Crippen LogP contribution in [0, 0.1) is 11.8 Å². The number of hydrogen-bond acceptors (Lipinski definition) is 7. The molecule has 0 aliphatic heterocycles. The van der Waals surface area contributed by atoms with E-state index in [4.69, 9.17) is 5.73 Å². The monoisotopic (exact) mass is 621 g/mol. The first-order chi connectivity index (χ1) is 19.9. The Balaban J connectivity index is 2.61. The third-order valence-corrected chi connectivity index (χ3v) is 8.66. The van der Waals surface area contributed by atoms with Crippen molar-refractivity contribution in [2.24, 2.45) is 22.6 Å². The predicted octanol–water partition coefficient (Wildman–Crippen LogP) is 3.21. The van der Waals surface area contributed by atoms with Crippen LogP contribution in [0.4, 0.5) is 0 Å². The van der Waals surface area contributed by atoms with Crippen molar-refractivity contribution in [3.05, 3.63) is 35.4 Å². The van der Waals surface area contributed by atoms with Crippen LogP contribution < -0.4 is 21.7 Å². The lowest BCUT2D eigenvalue weighted by Gasteiger charge is -2.26. The number of carbonyl (C=O) groups excluding carboxylic acids is 5. The van der Waals surface area contributed by atoms with Gasteiger partial charge in [-0.05, 0) is 43.0 Å². The first kappa shape index (κ1) is 37.2. The summed E-state index contributed by atoms with van der Waals surface area (Å²) in [6, 6.07) is 5.54. The van der Waals surface area contributed by atoms with Crippen LogP contribution in [0.25, 0.3) is 0 Å². The summed E-state index contributed by atoms with van der Waals surface area (Å²) in [5.41, 5.74) is 7.57. The van der Waals surface area contributed by atoms with E-state index in [0.717, 1.165) is 11.5 Å². The van der Waals surface area contributed by atoms with Crippen molar-refractivity contribution in [2.45, 2.75) is 89.9 Å². The van der Waals surface area contributed by atoms with Gasteiger partial charge in [-0.25, -0.2) is 4.99 Å². The molecule has 0 radical (unpaired) electrons. The summed E-state index contributed by atoms with van der Waals surface area (Å²) in [5, 5.41) is 8.18. The highest BCUT2D eigenvalue weighted by atomic mass is 32.2. The van der Waals surface area contributed by atoms with Gasteiger partial charge < -0.3 is 21.7 Å². The van der Waals surface area contributed by atoms with E-state index in [9.17, 15) is 24.0 Å². The van der Waals surface area contributed by atoms with Crippen LogP contribution in [0.2, 0.25) is 0 Å². The number of hydrogen-bond donors (Lipinski definition) is 4. The van der Waals surface area contributed by atoms with Crippen molar-refractivity contribution in [3.8, 4) is 0 Å². The second-order valence-corrected chi connectivity index (χ2v) is 12.9. The summed E-state index contributed by atoms with van der Waals surface area (Å²) in [5.74, 6) is 0.682. The van der Waals surface area contributed by atoms with Gasteiger partial charge in [0.05, 0.1) is 0 Å². The molecule has 4 atom stereocenters. The fraction of sp³-hybridized carbons (Fsp3) is 0.600. The molecular formula is C30H47N5O5S2. The van der Waals surface area contributed by atoms with Crippen LogP contribution in [0.1, 0.15) is 71.4 Å². The molecule has 1 aromatic carbocycles. The number of amides is 5. The number of nitrogens with zero attached hydrogens (tertiary/aromatic N) is 1. The van der Waals surface area contributed by atoms with Crippen molar-refractivity contribution in [1.29, 1.82) is 0 Å². The Morgan fingerprint density at radius 2 is 1.45 bits per heavy atom. The van der Waals surface area contributed by atoms with Gasteiger partial charge in [-0.3, -0.25) is 24.0 Å². The first-order valence-corrected chi connectivity index (χ1v) is 16.6. The van der Waals surface area contributed by atoms with E-state index < -0.39 is 35.8 Å². The minimum atomic E-state index is -0.870. The average molecular weight is 622 g/mol. The molecule has 1 rings (SSSR count). The van der Waals surface area contributed by atoms with E-state index >= 15 is 0 Å². The van der Waals surface area contributed by atoms with Gasteiger partial charge in [0.2, 0.25) is 23.6 Å². The Hall–Kier alpha value is -2.86. The lowest BCUT2D eigenvalue weighted by atomic mass is 9.97. The molecule has 234 valence electrons. The Labute approximate surface area is 258 Å². The molecule has 0 fully saturated rings. The maximum absolute atomic E-state index is 13.1. The van der Waals surface area contributed by atoms with Crippen LogP contribution >= 0.6 is 23.5 Å². The number of carbonyl (C=O) groups is 5. The number of aliphatic imine (C=N–C) groups is 1. The van der Waals surface area contributed by atoms with E-state index in [1.807, 2.05) is 39.8 Å². The van der Waals surface area contributed by atoms with Gasteiger partial charge in [0.25, 0.3) is 5.91 Å². The molecule has 0 heterocycles. The van der Waals surface area contributed by atoms with Gasteiger partial charge >= 0.3 is 0 Å². The van der Waals surface area contributed by atoms with Crippen molar-refractivity contribution in [3.63, 3.8) is 0 Å². The van der Waals surface area contributed by atoms with Crippen LogP contribution in [-0.2, 0) is 35.5 Å². The Bertz CT molecular complexity index is 1070. The second-order valence-electron chi connectivity index (χ2n) is 10.7. The SMILES string of the molecule is C=NC(=O)[C@@H](NC(=O)[C@H](CC(C)C)NC(=O)[C@H](C)NC(=O)CCSCc1ccccc1CSCCC(N)=O)[C@@H](C)CC. The fourth-order valence-electron chi connectivity index (χ4n) is 3.96. The van der Waals surface area contributed by atoms with Crippen LogP contribution in [-0.4, -0.2) is 65.9 Å². The zero-order chi connectivity index (χ0) is 31.7. The molecule has 0 aliphatic carbocycles. The summed E-state index contributed by atoms with van der Waals surface area (Å²) < 4.78 is 0. The Morgan fingerprint density at radius 3 is 1.95 bits per heavy atom. The number of nitrogens with two attached hydrogens (primary N) is 1. The molecule has 42 heavy (non-hydrogen) atoms. The van der Waals surface area contributed by atoms with E-state index in [1.54, 1.807) is 30.4 Å². The highest BCUT2D eigenvalue weighted by molar-refractivity contribution is 7.98. The lowest BCUT2D eigenvalue weighted by Crippen LogP contribution is -2.56. The Morgan fingerprint density at radius 1 is 0.881 bits per heavy atom. The number of benzene rings is 1.